The molecule has 4 aromatic rings. The number of rotatable bonds is 5. The summed E-state index contributed by atoms with van der Waals surface area (Å²) in [5.41, 5.74) is 2.13. The van der Waals surface area contributed by atoms with Crippen LogP contribution in [0, 0.1) is 0 Å². The molecule has 0 saturated carbocycles. The average molecular weight is 415 g/mol. The van der Waals surface area contributed by atoms with Crippen molar-refractivity contribution in [3.63, 3.8) is 0 Å². The molecule has 0 atom stereocenters. The number of aromatic nitrogens is 2. The Balaban J connectivity index is 1.76. The lowest BCUT2D eigenvalue weighted by Crippen LogP contribution is -2.12. The quantitative estimate of drug-likeness (QED) is 0.367. The molecule has 4 N–H and O–H groups in total. The molecular formula is C23H17N3O5. The van der Waals surface area contributed by atoms with E-state index in [1.807, 2.05) is 0 Å². The van der Waals surface area contributed by atoms with Gasteiger partial charge >= 0.3 is 5.97 Å². The first kappa shape index (κ1) is 19.7. The van der Waals surface area contributed by atoms with Crippen LogP contribution in [0.4, 0.5) is 5.69 Å². The van der Waals surface area contributed by atoms with Gasteiger partial charge in [0.2, 0.25) is 0 Å². The zero-order chi connectivity index (χ0) is 22.0. The fourth-order valence-corrected chi connectivity index (χ4v) is 3.03. The van der Waals surface area contributed by atoms with Gasteiger partial charge in [-0.15, -0.1) is 0 Å². The van der Waals surface area contributed by atoms with Crippen LogP contribution in [0.25, 0.3) is 16.9 Å². The number of carboxylic acid groups (broad SMARTS) is 1. The normalized spacial score (nSPS) is 10.6. The van der Waals surface area contributed by atoms with Crippen molar-refractivity contribution in [1.29, 1.82) is 0 Å². The topological polar surface area (TPSA) is 125 Å². The predicted molar refractivity (Wildman–Crippen MR) is 114 cm³/mol. The molecule has 0 unspecified atom stereocenters. The van der Waals surface area contributed by atoms with Gasteiger partial charge in [-0.2, -0.15) is 5.10 Å². The van der Waals surface area contributed by atoms with E-state index in [0.717, 1.165) is 0 Å². The van der Waals surface area contributed by atoms with Gasteiger partial charge in [0.25, 0.3) is 5.91 Å². The highest BCUT2D eigenvalue weighted by atomic mass is 16.4. The maximum Gasteiger partial charge on any atom is 0.335 e. The van der Waals surface area contributed by atoms with E-state index in [2.05, 4.69) is 10.4 Å². The number of phenolic OH excluding ortho intramolecular Hbond substituents is 2. The first-order valence-electron chi connectivity index (χ1n) is 9.24. The Kier molecular flexibility index (Phi) is 5.11. The predicted octanol–water partition coefficient (Wildman–Crippen LogP) is 3.90. The van der Waals surface area contributed by atoms with Crippen molar-refractivity contribution in [2.24, 2.45) is 0 Å². The molecule has 0 saturated heterocycles. The number of carbonyl (C=O) groups is 2. The van der Waals surface area contributed by atoms with Crippen LogP contribution >= 0.6 is 0 Å². The fraction of sp³-hybridized carbons (Fsp3) is 0. The van der Waals surface area contributed by atoms with Gasteiger partial charge in [0.05, 0.1) is 22.5 Å². The van der Waals surface area contributed by atoms with E-state index in [-0.39, 0.29) is 28.3 Å². The first-order valence-corrected chi connectivity index (χ1v) is 9.24. The molecule has 3 aromatic carbocycles. The molecule has 8 nitrogen and oxygen atoms in total. The highest BCUT2D eigenvalue weighted by molar-refractivity contribution is 6.08. The summed E-state index contributed by atoms with van der Waals surface area (Å²) in [5.74, 6) is -1.52. The largest absolute Gasteiger partial charge is 0.508 e. The third kappa shape index (κ3) is 4.08. The highest BCUT2D eigenvalue weighted by Crippen LogP contribution is 2.28. The van der Waals surface area contributed by atoms with Gasteiger partial charge in [-0.1, -0.05) is 12.1 Å². The van der Waals surface area contributed by atoms with E-state index in [1.165, 1.54) is 41.2 Å². The third-order valence-corrected chi connectivity index (χ3v) is 4.63. The minimum atomic E-state index is -1.04. The molecule has 1 heterocycles. The van der Waals surface area contributed by atoms with Gasteiger partial charge < -0.3 is 20.6 Å². The van der Waals surface area contributed by atoms with Crippen molar-refractivity contribution in [3.8, 4) is 28.4 Å². The number of nitrogens with one attached hydrogen (secondary N) is 1. The van der Waals surface area contributed by atoms with Crippen molar-refractivity contribution in [2.45, 2.75) is 0 Å². The molecule has 0 aliphatic heterocycles. The number of hydrogen-bond donors (Lipinski definition) is 4. The number of aromatic hydroxyl groups is 2. The van der Waals surface area contributed by atoms with Crippen LogP contribution in [0.2, 0.25) is 0 Å². The molecule has 154 valence electrons. The Labute approximate surface area is 176 Å². The average Bonchev–Trinajstić information content (AvgIpc) is 3.21. The maximum atomic E-state index is 13.0. The van der Waals surface area contributed by atoms with Crippen LogP contribution in [0.5, 0.6) is 11.5 Å². The fourth-order valence-electron chi connectivity index (χ4n) is 3.03. The molecule has 0 aliphatic rings. The number of para-hydroxylation sites is 2. The zero-order valence-corrected chi connectivity index (χ0v) is 16.1. The zero-order valence-electron chi connectivity index (χ0n) is 16.1. The Morgan fingerprint density at radius 3 is 2.19 bits per heavy atom. The summed E-state index contributed by atoms with van der Waals surface area (Å²) in [6.07, 6.45) is 1.52. The monoisotopic (exact) mass is 415 g/mol. The van der Waals surface area contributed by atoms with Crippen molar-refractivity contribution in [3.05, 3.63) is 90.1 Å². The second kappa shape index (κ2) is 8.03. The lowest BCUT2D eigenvalue weighted by Gasteiger charge is -2.07. The summed E-state index contributed by atoms with van der Waals surface area (Å²) >= 11 is 0. The van der Waals surface area contributed by atoms with Crippen LogP contribution in [-0.4, -0.2) is 37.0 Å². The molecule has 0 fully saturated rings. The molecule has 0 bridgehead atoms. The van der Waals surface area contributed by atoms with Gasteiger partial charge in [-0.05, 0) is 60.7 Å². The molecule has 8 heteroatoms. The molecule has 31 heavy (non-hydrogen) atoms. The van der Waals surface area contributed by atoms with E-state index < -0.39 is 11.9 Å². The van der Waals surface area contributed by atoms with Gasteiger partial charge in [-0.25, -0.2) is 9.48 Å². The van der Waals surface area contributed by atoms with Crippen LogP contribution in [0.3, 0.4) is 0 Å². The van der Waals surface area contributed by atoms with Crippen LogP contribution in [0.15, 0.2) is 79.0 Å². The highest BCUT2D eigenvalue weighted by Gasteiger charge is 2.20. The minimum Gasteiger partial charge on any atom is -0.508 e. The minimum absolute atomic E-state index is 0.0707. The number of carbonyl (C=O) groups excluding carboxylic acids is 1. The second-order valence-electron chi connectivity index (χ2n) is 6.71. The maximum absolute atomic E-state index is 13.0. The number of aromatic carboxylic acids is 1. The molecule has 1 aromatic heterocycles. The van der Waals surface area contributed by atoms with E-state index in [0.29, 0.717) is 16.9 Å². The van der Waals surface area contributed by atoms with E-state index in [1.54, 1.807) is 42.5 Å². The number of carboxylic acids is 1. The van der Waals surface area contributed by atoms with Gasteiger partial charge in [0.1, 0.15) is 17.2 Å². The van der Waals surface area contributed by atoms with Gasteiger partial charge in [0.15, 0.2) is 0 Å². The van der Waals surface area contributed by atoms with Gasteiger partial charge in [0, 0.05) is 11.8 Å². The van der Waals surface area contributed by atoms with Crippen LogP contribution < -0.4 is 5.32 Å². The smallest absolute Gasteiger partial charge is 0.335 e. The number of nitrogens with zero attached hydrogens (tertiary/aromatic N) is 2. The second-order valence-corrected chi connectivity index (χ2v) is 6.71. The summed E-state index contributed by atoms with van der Waals surface area (Å²) in [6.45, 7) is 0. The summed E-state index contributed by atoms with van der Waals surface area (Å²) in [5, 5.41) is 35.8. The summed E-state index contributed by atoms with van der Waals surface area (Å²) in [6, 6.07) is 18.7. The van der Waals surface area contributed by atoms with Crippen molar-refractivity contribution in [2.75, 3.05) is 5.32 Å². The Morgan fingerprint density at radius 2 is 1.55 bits per heavy atom. The molecule has 0 spiro atoms. The summed E-state index contributed by atoms with van der Waals surface area (Å²) in [4.78, 5) is 24.1. The molecule has 0 aliphatic carbocycles. The van der Waals surface area contributed by atoms with Crippen molar-refractivity contribution in [1.82, 2.24) is 9.78 Å². The third-order valence-electron chi connectivity index (χ3n) is 4.63. The Morgan fingerprint density at radius 1 is 0.871 bits per heavy atom. The number of amides is 1. The van der Waals surface area contributed by atoms with E-state index in [4.69, 9.17) is 5.11 Å². The van der Waals surface area contributed by atoms with Crippen LogP contribution in [0.1, 0.15) is 20.7 Å². The molecule has 1 amide bonds. The summed E-state index contributed by atoms with van der Waals surface area (Å²) in [7, 11) is 0. The lowest BCUT2D eigenvalue weighted by molar-refractivity contribution is 0.0696. The number of hydrogen-bond acceptors (Lipinski definition) is 5. The molecular weight excluding hydrogens is 398 g/mol. The molecule has 0 radical (unpaired) electrons. The van der Waals surface area contributed by atoms with E-state index >= 15 is 0 Å². The lowest BCUT2D eigenvalue weighted by atomic mass is 10.1. The number of phenols is 2. The Hall–Kier alpha value is -4.59. The number of benzene rings is 3. The van der Waals surface area contributed by atoms with E-state index in [9.17, 15) is 19.8 Å². The Bertz CT molecular complexity index is 1260. The first-order chi connectivity index (χ1) is 14.9. The van der Waals surface area contributed by atoms with Crippen molar-refractivity contribution >= 4 is 17.6 Å². The van der Waals surface area contributed by atoms with Crippen LogP contribution in [-0.2, 0) is 0 Å². The molecule has 4 rings (SSSR count). The van der Waals surface area contributed by atoms with Gasteiger partial charge in [-0.3, -0.25) is 4.79 Å². The van der Waals surface area contributed by atoms with Crippen molar-refractivity contribution < 1.29 is 24.9 Å². The standard InChI is InChI=1S/C23H17N3O5/c27-17-11-7-14(8-12-17)21-18(22(29)24-19-3-1-2-4-20(19)28)13-26(25-21)16-9-5-15(6-10-16)23(30)31/h1-13,27-28H,(H,24,29)(H,30,31). The number of anilines is 1. The summed E-state index contributed by atoms with van der Waals surface area (Å²) < 4.78 is 1.47. The SMILES string of the molecule is O=C(O)c1ccc(-n2cc(C(=O)Nc3ccccc3O)c(-c3ccc(O)cc3)n2)cc1.